The fourth-order valence-electron chi connectivity index (χ4n) is 1.70. The average molecular weight is 230 g/mol. The quantitative estimate of drug-likeness (QED) is 0.565. The smallest absolute Gasteiger partial charge is 0.0645 e. The zero-order valence-corrected chi connectivity index (χ0v) is 10.6. The van der Waals surface area contributed by atoms with Crippen LogP contribution in [-0.4, -0.2) is 61.5 Å². The number of hydrogen-bond donors (Lipinski definition) is 2. The molecule has 1 unspecified atom stereocenters. The molecule has 0 amide bonds. The third-order valence-electron chi connectivity index (χ3n) is 2.88. The normalized spacial score (nSPS) is 18.8. The summed E-state index contributed by atoms with van der Waals surface area (Å²) in [6, 6.07) is 0.0822. The summed E-state index contributed by atoms with van der Waals surface area (Å²) in [5.74, 6) is 0. The van der Waals surface area contributed by atoms with Crippen LogP contribution in [0.2, 0.25) is 0 Å². The molecular weight excluding hydrogens is 204 g/mol. The highest BCUT2D eigenvalue weighted by atomic mass is 16.5. The summed E-state index contributed by atoms with van der Waals surface area (Å²) in [6.07, 6.45) is 2.74. The van der Waals surface area contributed by atoms with Crippen LogP contribution in [0.3, 0.4) is 0 Å². The van der Waals surface area contributed by atoms with Crippen LogP contribution in [0.4, 0.5) is 0 Å². The molecule has 1 atom stereocenters. The van der Waals surface area contributed by atoms with Crippen LogP contribution in [0.1, 0.15) is 26.7 Å². The topological polar surface area (TPSA) is 44.7 Å². The summed E-state index contributed by atoms with van der Waals surface area (Å²) in [6.45, 7) is 9.43. The highest BCUT2D eigenvalue weighted by Gasteiger charge is 2.13. The lowest BCUT2D eigenvalue weighted by Gasteiger charge is -2.30. The minimum absolute atomic E-state index is 0.0822. The van der Waals surface area contributed by atoms with Crippen LogP contribution in [0.15, 0.2) is 0 Å². The van der Waals surface area contributed by atoms with Gasteiger partial charge in [0, 0.05) is 0 Å². The van der Waals surface area contributed by atoms with Gasteiger partial charge in [-0.05, 0) is 52.9 Å². The minimum Gasteiger partial charge on any atom is -0.395 e. The van der Waals surface area contributed by atoms with E-state index in [-0.39, 0.29) is 18.8 Å². The molecule has 16 heavy (non-hydrogen) atoms. The molecule has 96 valence electrons. The van der Waals surface area contributed by atoms with Gasteiger partial charge in [-0.2, -0.15) is 0 Å². The van der Waals surface area contributed by atoms with Gasteiger partial charge in [0.05, 0.1) is 25.4 Å². The van der Waals surface area contributed by atoms with Crippen LogP contribution in [0.5, 0.6) is 0 Å². The predicted molar refractivity (Wildman–Crippen MR) is 65.6 cm³/mol. The van der Waals surface area contributed by atoms with Crippen molar-refractivity contribution in [3.63, 3.8) is 0 Å². The molecular formula is C12H26N2O2. The molecule has 4 nitrogen and oxygen atoms in total. The van der Waals surface area contributed by atoms with Crippen molar-refractivity contribution in [1.82, 2.24) is 10.2 Å². The van der Waals surface area contributed by atoms with E-state index in [1.54, 1.807) is 0 Å². The number of nitrogens with zero attached hydrogens (tertiary/aromatic N) is 1. The minimum atomic E-state index is 0.0822. The number of rotatable bonds is 9. The van der Waals surface area contributed by atoms with Gasteiger partial charge in [0.25, 0.3) is 0 Å². The van der Waals surface area contributed by atoms with Gasteiger partial charge in [0.2, 0.25) is 0 Å². The molecule has 1 aliphatic rings. The van der Waals surface area contributed by atoms with Crippen molar-refractivity contribution in [2.75, 3.05) is 39.4 Å². The molecule has 1 saturated heterocycles. The lowest BCUT2D eigenvalue weighted by Crippen LogP contribution is -2.41. The Bertz CT molecular complexity index is 172. The Balaban J connectivity index is 1.94. The number of nitrogens with one attached hydrogen (secondary N) is 1. The second kappa shape index (κ2) is 8.01. The van der Waals surface area contributed by atoms with E-state index in [0.717, 1.165) is 13.0 Å². The standard InChI is InChI=1S/C12H26N2O2/c1-11(2)16-10-12(9-15)13-5-3-6-14-7-4-8-14/h11-13,15H,3-10H2,1-2H3. The Morgan fingerprint density at radius 2 is 2.12 bits per heavy atom. The zero-order chi connectivity index (χ0) is 11.8. The Hall–Kier alpha value is -0.160. The zero-order valence-electron chi connectivity index (χ0n) is 10.6. The first-order valence-electron chi connectivity index (χ1n) is 6.40. The van der Waals surface area contributed by atoms with Crippen LogP contribution in [0.25, 0.3) is 0 Å². The maximum Gasteiger partial charge on any atom is 0.0645 e. The molecule has 2 N–H and O–H groups in total. The van der Waals surface area contributed by atoms with E-state index in [1.165, 1.54) is 26.1 Å². The second-order valence-electron chi connectivity index (χ2n) is 4.76. The molecule has 1 rings (SSSR count). The monoisotopic (exact) mass is 230 g/mol. The fourth-order valence-corrected chi connectivity index (χ4v) is 1.70. The van der Waals surface area contributed by atoms with Gasteiger partial charge >= 0.3 is 0 Å². The Labute approximate surface area is 99.0 Å². The van der Waals surface area contributed by atoms with E-state index in [1.807, 2.05) is 13.8 Å². The lowest BCUT2D eigenvalue weighted by molar-refractivity contribution is 0.0469. The van der Waals surface area contributed by atoms with Crippen molar-refractivity contribution in [2.45, 2.75) is 38.8 Å². The summed E-state index contributed by atoms with van der Waals surface area (Å²) in [5, 5.41) is 12.5. The van der Waals surface area contributed by atoms with E-state index in [4.69, 9.17) is 9.84 Å². The summed E-state index contributed by atoms with van der Waals surface area (Å²) in [4.78, 5) is 2.46. The summed E-state index contributed by atoms with van der Waals surface area (Å²) < 4.78 is 5.47. The third-order valence-corrected chi connectivity index (χ3v) is 2.88. The molecule has 0 aromatic rings. The number of aliphatic hydroxyl groups is 1. The SMILES string of the molecule is CC(C)OCC(CO)NCCCN1CCC1. The Morgan fingerprint density at radius 3 is 2.62 bits per heavy atom. The number of likely N-dealkylation sites (tertiary alicyclic amines) is 1. The van der Waals surface area contributed by atoms with E-state index in [9.17, 15) is 0 Å². The number of aliphatic hydroxyl groups excluding tert-OH is 1. The van der Waals surface area contributed by atoms with E-state index in [0.29, 0.717) is 6.61 Å². The predicted octanol–water partition coefficient (Wildman–Crippen LogP) is 0.458. The highest BCUT2D eigenvalue weighted by molar-refractivity contribution is 4.70. The van der Waals surface area contributed by atoms with Gasteiger partial charge in [-0.3, -0.25) is 0 Å². The number of hydrogen-bond acceptors (Lipinski definition) is 4. The van der Waals surface area contributed by atoms with Gasteiger partial charge in [0.1, 0.15) is 0 Å². The first-order chi connectivity index (χ1) is 7.72. The van der Waals surface area contributed by atoms with Crippen molar-refractivity contribution in [3.8, 4) is 0 Å². The summed E-state index contributed by atoms with van der Waals surface area (Å²) in [5.41, 5.74) is 0. The van der Waals surface area contributed by atoms with Crippen LogP contribution < -0.4 is 5.32 Å². The molecule has 0 saturated carbocycles. The summed E-state index contributed by atoms with van der Waals surface area (Å²) in [7, 11) is 0. The van der Waals surface area contributed by atoms with Gasteiger partial charge in [-0.25, -0.2) is 0 Å². The van der Waals surface area contributed by atoms with Crippen LogP contribution >= 0.6 is 0 Å². The van der Waals surface area contributed by atoms with Crippen LogP contribution in [-0.2, 0) is 4.74 Å². The molecule has 0 bridgehead atoms. The molecule has 4 heteroatoms. The highest BCUT2D eigenvalue weighted by Crippen LogP contribution is 2.05. The van der Waals surface area contributed by atoms with Crippen molar-refractivity contribution < 1.29 is 9.84 Å². The maximum atomic E-state index is 9.15. The van der Waals surface area contributed by atoms with Crippen molar-refractivity contribution in [2.24, 2.45) is 0 Å². The number of ether oxygens (including phenoxy) is 1. The summed E-state index contributed by atoms with van der Waals surface area (Å²) >= 11 is 0. The lowest BCUT2D eigenvalue weighted by atomic mass is 10.2. The molecule has 0 aliphatic carbocycles. The van der Waals surface area contributed by atoms with Gasteiger partial charge in [-0.15, -0.1) is 0 Å². The van der Waals surface area contributed by atoms with Crippen molar-refractivity contribution in [3.05, 3.63) is 0 Å². The molecule has 1 aliphatic heterocycles. The van der Waals surface area contributed by atoms with Crippen molar-refractivity contribution in [1.29, 1.82) is 0 Å². The molecule has 0 aromatic carbocycles. The van der Waals surface area contributed by atoms with Gasteiger partial charge in [0.15, 0.2) is 0 Å². The molecule has 0 aromatic heterocycles. The van der Waals surface area contributed by atoms with Crippen LogP contribution in [0, 0.1) is 0 Å². The van der Waals surface area contributed by atoms with Gasteiger partial charge in [-0.1, -0.05) is 0 Å². The Morgan fingerprint density at radius 1 is 1.38 bits per heavy atom. The molecule has 1 fully saturated rings. The fraction of sp³-hybridized carbons (Fsp3) is 1.00. The largest absolute Gasteiger partial charge is 0.395 e. The molecule has 0 radical (unpaired) electrons. The first kappa shape index (κ1) is 13.9. The third kappa shape index (κ3) is 5.80. The maximum absolute atomic E-state index is 9.15. The van der Waals surface area contributed by atoms with Gasteiger partial charge < -0.3 is 20.1 Å². The Kier molecular flexibility index (Phi) is 6.96. The average Bonchev–Trinajstić information content (AvgIpc) is 2.19. The second-order valence-corrected chi connectivity index (χ2v) is 4.76. The van der Waals surface area contributed by atoms with E-state index >= 15 is 0 Å². The van der Waals surface area contributed by atoms with E-state index < -0.39 is 0 Å². The molecule has 1 heterocycles. The molecule has 0 spiro atoms. The van der Waals surface area contributed by atoms with Crippen molar-refractivity contribution >= 4 is 0 Å². The first-order valence-corrected chi connectivity index (χ1v) is 6.40. The van der Waals surface area contributed by atoms with E-state index in [2.05, 4.69) is 10.2 Å².